The molecule has 2 rings (SSSR count). The molecule has 0 atom stereocenters. The Hall–Kier alpha value is -1.86. The van der Waals surface area contributed by atoms with Crippen LogP contribution in [0, 0.1) is 0 Å². The van der Waals surface area contributed by atoms with Crippen molar-refractivity contribution in [3.8, 4) is 0 Å². The normalized spacial score (nSPS) is 11.3. The number of aromatic nitrogens is 2. The van der Waals surface area contributed by atoms with E-state index in [1.54, 1.807) is 31.3 Å². The summed E-state index contributed by atoms with van der Waals surface area (Å²) < 4.78 is 25.4. The van der Waals surface area contributed by atoms with Gasteiger partial charge in [0, 0.05) is 30.2 Å². The van der Waals surface area contributed by atoms with Gasteiger partial charge in [-0.15, -0.1) is 0 Å². The Morgan fingerprint density at radius 1 is 1.35 bits per heavy atom. The Kier molecular flexibility index (Phi) is 4.10. The number of benzene rings is 1. The highest BCUT2D eigenvalue weighted by Gasteiger charge is 2.23. The Morgan fingerprint density at radius 2 is 2.00 bits per heavy atom. The highest BCUT2D eigenvalue weighted by molar-refractivity contribution is 7.92. The summed E-state index contributed by atoms with van der Waals surface area (Å²) in [6.45, 7) is 0. The largest absolute Gasteiger partial charge is 0.325 e. The van der Waals surface area contributed by atoms with Gasteiger partial charge in [0.05, 0.1) is 0 Å². The minimum absolute atomic E-state index is 0.135. The first-order valence-corrected chi connectivity index (χ1v) is 7.67. The van der Waals surface area contributed by atoms with E-state index in [4.69, 9.17) is 11.6 Å². The van der Waals surface area contributed by atoms with Crippen LogP contribution in [0.2, 0.25) is 5.02 Å². The molecule has 0 saturated carbocycles. The van der Waals surface area contributed by atoms with Gasteiger partial charge in [-0.1, -0.05) is 11.6 Å². The summed E-state index contributed by atoms with van der Waals surface area (Å²) in [6, 6.07) is 6.38. The molecule has 0 aliphatic rings. The average Bonchev–Trinajstić information content (AvgIpc) is 2.78. The van der Waals surface area contributed by atoms with Crippen LogP contribution in [0.3, 0.4) is 0 Å². The van der Waals surface area contributed by atoms with Gasteiger partial charge in [0.15, 0.2) is 0 Å². The van der Waals surface area contributed by atoms with Crippen LogP contribution in [0.4, 0.5) is 5.69 Å². The molecule has 1 aromatic heterocycles. The summed E-state index contributed by atoms with van der Waals surface area (Å²) in [5.74, 6) is -1.30. The zero-order valence-corrected chi connectivity index (χ0v) is 12.1. The maximum Gasteiger partial charge on any atom is 0.240 e. The van der Waals surface area contributed by atoms with Crippen molar-refractivity contribution < 1.29 is 13.2 Å². The molecule has 106 valence electrons. The van der Waals surface area contributed by atoms with Crippen molar-refractivity contribution in [1.29, 1.82) is 0 Å². The molecule has 0 aliphatic heterocycles. The summed E-state index contributed by atoms with van der Waals surface area (Å²) in [7, 11) is -2.21. The van der Waals surface area contributed by atoms with Crippen LogP contribution in [0.15, 0.2) is 41.8 Å². The third kappa shape index (κ3) is 3.37. The highest BCUT2D eigenvalue weighted by atomic mass is 35.5. The fourth-order valence-corrected chi connectivity index (χ4v) is 3.01. The second-order valence-corrected chi connectivity index (χ2v) is 6.45. The number of nitrogens with one attached hydrogen (secondary N) is 1. The zero-order chi connectivity index (χ0) is 14.8. The molecular weight excluding hydrogens is 302 g/mol. The number of aryl methyl sites for hydroxylation is 1. The van der Waals surface area contributed by atoms with Gasteiger partial charge >= 0.3 is 0 Å². The Morgan fingerprint density at radius 3 is 2.55 bits per heavy atom. The van der Waals surface area contributed by atoms with Gasteiger partial charge in [-0.25, -0.2) is 13.4 Å². The number of hydrogen-bond donors (Lipinski definition) is 1. The lowest BCUT2D eigenvalue weighted by molar-refractivity contribution is -0.113. The number of carbonyl (C=O) groups is 1. The highest BCUT2D eigenvalue weighted by Crippen LogP contribution is 2.14. The smallest absolute Gasteiger partial charge is 0.240 e. The number of anilines is 1. The molecular formula is C12H12ClN3O3S. The third-order valence-corrected chi connectivity index (χ3v) is 4.35. The minimum Gasteiger partial charge on any atom is -0.325 e. The molecule has 0 bridgehead atoms. The van der Waals surface area contributed by atoms with Gasteiger partial charge in [-0.3, -0.25) is 4.79 Å². The lowest BCUT2D eigenvalue weighted by Gasteiger charge is -2.06. The van der Waals surface area contributed by atoms with E-state index in [1.165, 1.54) is 17.0 Å². The Labute approximate surface area is 121 Å². The van der Waals surface area contributed by atoms with E-state index in [-0.39, 0.29) is 5.16 Å². The quantitative estimate of drug-likeness (QED) is 0.927. The molecule has 1 N–H and O–H groups in total. The van der Waals surface area contributed by atoms with Crippen LogP contribution in [-0.2, 0) is 21.7 Å². The fourth-order valence-electron chi connectivity index (χ4n) is 1.62. The molecule has 8 heteroatoms. The molecule has 0 unspecified atom stereocenters. The van der Waals surface area contributed by atoms with Crippen LogP contribution in [0.25, 0.3) is 0 Å². The van der Waals surface area contributed by atoms with Crippen LogP contribution < -0.4 is 5.32 Å². The lowest BCUT2D eigenvalue weighted by atomic mass is 10.3. The average molecular weight is 314 g/mol. The fraction of sp³-hybridized carbons (Fsp3) is 0.167. The predicted molar refractivity (Wildman–Crippen MR) is 75.3 cm³/mol. The predicted octanol–water partition coefficient (Wildman–Crippen LogP) is 1.49. The first-order valence-electron chi connectivity index (χ1n) is 5.64. The maximum absolute atomic E-state index is 12.0. The molecule has 0 spiro atoms. The van der Waals surface area contributed by atoms with Crippen LogP contribution in [0.1, 0.15) is 0 Å². The van der Waals surface area contributed by atoms with Crippen molar-refractivity contribution in [2.45, 2.75) is 5.16 Å². The lowest BCUT2D eigenvalue weighted by Crippen LogP contribution is -2.24. The topological polar surface area (TPSA) is 81.1 Å². The van der Waals surface area contributed by atoms with Crippen LogP contribution >= 0.6 is 11.6 Å². The monoisotopic (exact) mass is 313 g/mol. The van der Waals surface area contributed by atoms with E-state index in [1.807, 2.05) is 0 Å². The van der Waals surface area contributed by atoms with Gasteiger partial charge in [-0.05, 0) is 24.3 Å². The van der Waals surface area contributed by atoms with Gasteiger partial charge < -0.3 is 9.88 Å². The minimum atomic E-state index is -3.76. The number of imidazole rings is 1. The van der Waals surface area contributed by atoms with Crippen LogP contribution in [-0.4, -0.2) is 29.6 Å². The van der Waals surface area contributed by atoms with Gasteiger partial charge in [0.2, 0.25) is 20.9 Å². The molecule has 2 aromatic rings. The molecule has 6 nitrogen and oxygen atoms in total. The molecule has 1 aromatic carbocycles. The number of halogens is 1. The van der Waals surface area contributed by atoms with Gasteiger partial charge in [0.25, 0.3) is 0 Å². The summed E-state index contributed by atoms with van der Waals surface area (Å²) >= 11 is 5.72. The molecule has 0 saturated heterocycles. The number of rotatable bonds is 4. The first kappa shape index (κ1) is 14.5. The SMILES string of the molecule is Cn1ccnc1S(=O)(=O)CC(=O)Nc1ccc(Cl)cc1. The standard InChI is InChI=1S/C12H12ClN3O3S/c1-16-7-6-14-12(16)20(18,19)8-11(17)15-10-4-2-9(13)3-5-10/h2-7H,8H2,1H3,(H,15,17). The Bertz CT molecular complexity index is 723. The van der Waals surface area contributed by atoms with E-state index in [0.717, 1.165) is 0 Å². The number of sulfone groups is 1. The van der Waals surface area contributed by atoms with Crippen molar-refractivity contribution in [2.75, 3.05) is 11.1 Å². The molecule has 0 fully saturated rings. The molecule has 0 radical (unpaired) electrons. The van der Waals surface area contributed by atoms with Crippen LogP contribution in [0.5, 0.6) is 0 Å². The third-order valence-electron chi connectivity index (χ3n) is 2.50. The van der Waals surface area contributed by atoms with E-state index < -0.39 is 21.5 Å². The number of amides is 1. The van der Waals surface area contributed by atoms with E-state index in [0.29, 0.717) is 10.7 Å². The Balaban J connectivity index is 2.08. The van der Waals surface area contributed by atoms with E-state index in [2.05, 4.69) is 10.3 Å². The molecule has 1 amide bonds. The van der Waals surface area contributed by atoms with E-state index in [9.17, 15) is 13.2 Å². The van der Waals surface area contributed by atoms with Crippen molar-refractivity contribution >= 4 is 33.0 Å². The zero-order valence-electron chi connectivity index (χ0n) is 10.6. The van der Waals surface area contributed by atoms with Gasteiger partial charge in [0.1, 0.15) is 5.75 Å². The summed E-state index contributed by atoms with van der Waals surface area (Å²) in [5, 5.41) is 2.89. The summed E-state index contributed by atoms with van der Waals surface area (Å²) in [6.07, 6.45) is 2.87. The van der Waals surface area contributed by atoms with Crippen molar-refractivity contribution in [2.24, 2.45) is 7.05 Å². The van der Waals surface area contributed by atoms with Crippen molar-refractivity contribution in [3.63, 3.8) is 0 Å². The maximum atomic E-state index is 12.0. The molecule has 0 aliphatic carbocycles. The summed E-state index contributed by atoms with van der Waals surface area (Å²) in [4.78, 5) is 15.5. The number of nitrogens with zero attached hydrogens (tertiary/aromatic N) is 2. The number of carbonyl (C=O) groups excluding carboxylic acids is 1. The van der Waals surface area contributed by atoms with Crippen molar-refractivity contribution in [3.05, 3.63) is 41.7 Å². The second-order valence-electron chi connectivity index (χ2n) is 4.13. The summed E-state index contributed by atoms with van der Waals surface area (Å²) in [5.41, 5.74) is 0.481. The molecule has 20 heavy (non-hydrogen) atoms. The number of hydrogen-bond acceptors (Lipinski definition) is 4. The van der Waals surface area contributed by atoms with Gasteiger partial charge in [-0.2, -0.15) is 0 Å². The first-order chi connectivity index (χ1) is 9.38. The molecule has 1 heterocycles. The second kappa shape index (κ2) is 5.64. The van der Waals surface area contributed by atoms with Crippen molar-refractivity contribution in [1.82, 2.24) is 9.55 Å². The van der Waals surface area contributed by atoms with E-state index >= 15 is 0 Å².